The minimum absolute atomic E-state index is 0.0236. The zero-order valence-electron chi connectivity index (χ0n) is 23.0. The molecule has 0 spiro atoms. The third kappa shape index (κ3) is 10.8. The molecule has 12 heteroatoms. The predicted molar refractivity (Wildman–Crippen MR) is 152 cm³/mol. The van der Waals surface area contributed by atoms with Gasteiger partial charge in [0.2, 0.25) is 11.7 Å². The van der Waals surface area contributed by atoms with Gasteiger partial charge in [0.15, 0.2) is 10.4 Å². The number of hydrogen-bond donors (Lipinski definition) is 3. The van der Waals surface area contributed by atoms with Crippen molar-refractivity contribution in [1.29, 1.82) is 0 Å². The zero-order valence-corrected chi connectivity index (χ0v) is 24.6. The Bertz CT molecular complexity index is 1180. The van der Waals surface area contributed by atoms with Crippen LogP contribution in [0.2, 0.25) is 0 Å². The summed E-state index contributed by atoms with van der Waals surface area (Å²) in [6.07, 6.45) is 5.40. The van der Waals surface area contributed by atoms with E-state index in [1.807, 2.05) is 30.3 Å². The molecule has 11 nitrogen and oxygen atoms in total. The quantitative estimate of drug-likeness (QED) is 0.200. The van der Waals surface area contributed by atoms with Crippen molar-refractivity contribution in [2.24, 2.45) is 5.92 Å². The number of carbonyl (C=O) groups excluding carboxylic acids is 5. The number of hydrogen-bond acceptors (Lipinski definition) is 8. The summed E-state index contributed by atoms with van der Waals surface area (Å²) in [6.45, 7) is 1.08. The van der Waals surface area contributed by atoms with Gasteiger partial charge in [-0.3, -0.25) is 24.0 Å². The zero-order chi connectivity index (χ0) is 29.6. The number of ketones is 1. The number of amides is 3. The summed E-state index contributed by atoms with van der Waals surface area (Å²) in [5.74, 6) is -3.74. The first kappa shape index (κ1) is 32.0. The molecular weight excluding hydrogens is 598 g/mol. The lowest BCUT2D eigenvalue weighted by Crippen LogP contribution is -2.56. The second-order valence-corrected chi connectivity index (χ2v) is 10.6. The molecule has 0 radical (unpaired) electrons. The predicted octanol–water partition coefficient (Wildman–Crippen LogP) is 3.06. The van der Waals surface area contributed by atoms with Crippen LogP contribution in [0.15, 0.2) is 51.6 Å². The number of halogens is 1. The molecule has 1 heterocycles. The highest BCUT2D eigenvalue weighted by atomic mass is 79.9. The van der Waals surface area contributed by atoms with Crippen LogP contribution in [0, 0.1) is 5.92 Å². The van der Waals surface area contributed by atoms with E-state index in [4.69, 9.17) is 13.9 Å². The highest BCUT2D eigenvalue weighted by molar-refractivity contribution is 9.10. The fourth-order valence-corrected chi connectivity index (χ4v) is 4.89. The number of benzene rings is 1. The summed E-state index contributed by atoms with van der Waals surface area (Å²) < 4.78 is 16.2. The molecular formula is C29H36BrN3O8. The molecule has 3 rings (SSSR count). The standard InChI is InChI=1S/C29H36BrN3O8/c1-2-40-25(34)16-31-29(38)26(35)22(18-39-17-20-11-7-4-8-12-20)33-27(36)21(15-19-9-5-3-6-10-19)32-28(37)23-13-14-24(30)41-23/h4,7-8,11-14,19,21-22H,2-3,5-6,9-10,15-18H2,1H3,(H,31,38)(H,32,37)(H,33,36)/t21-,22-/m0/s1. The molecule has 3 amide bonds. The van der Waals surface area contributed by atoms with Gasteiger partial charge in [0.25, 0.3) is 11.8 Å². The summed E-state index contributed by atoms with van der Waals surface area (Å²) in [6, 6.07) is 9.90. The molecule has 3 N–H and O–H groups in total. The van der Waals surface area contributed by atoms with Crippen molar-refractivity contribution >= 4 is 45.4 Å². The van der Waals surface area contributed by atoms with Gasteiger partial charge in [0, 0.05) is 0 Å². The maximum Gasteiger partial charge on any atom is 0.325 e. The Balaban J connectivity index is 1.73. The van der Waals surface area contributed by atoms with Gasteiger partial charge in [-0.05, 0) is 52.9 Å². The van der Waals surface area contributed by atoms with Gasteiger partial charge < -0.3 is 29.8 Å². The number of ether oxygens (including phenoxy) is 2. The molecule has 1 saturated carbocycles. The van der Waals surface area contributed by atoms with Crippen molar-refractivity contribution in [3.05, 3.63) is 58.5 Å². The van der Waals surface area contributed by atoms with Gasteiger partial charge in [-0.1, -0.05) is 62.4 Å². The minimum atomic E-state index is -1.36. The van der Waals surface area contributed by atoms with E-state index in [0.29, 0.717) is 11.1 Å². The second-order valence-electron chi connectivity index (χ2n) is 9.78. The molecule has 0 unspecified atom stereocenters. The smallest absolute Gasteiger partial charge is 0.325 e. The van der Waals surface area contributed by atoms with Crippen LogP contribution in [0.5, 0.6) is 0 Å². The highest BCUT2D eigenvalue weighted by Gasteiger charge is 2.33. The third-order valence-corrected chi connectivity index (χ3v) is 7.09. The summed E-state index contributed by atoms with van der Waals surface area (Å²) in [4.78, 5) is 63.7. The van der Waals surface area contributed by atoms with Gasteiger partial charge in [0.05, 0.1) is 19.8 Å². The molecule has 1 aliphatic rings. The number of rotatable bonds is 15. The van der Waals surface area contributed by atoms with Crippen LogP contribution in [0.1, 0.15) is 61.6 Å². The van der Waals surface area contributed by atoms with E-state index in [-0.39, 0.29) is 31.5 Å². The Morgan fingerprint density at radius 1 is 0.976 bits per heavy atom. The van der Waals surface area contributed by atoms with Crippen molar-refractivity contribution in [3.8, 4) is 0 Å². The molecule has 1 aliphatic carbocycles. The number of carbonyl (C=O) groups is 5. The average molecular weight is 635 g/mol. The first-order valence-corrected chi connectivity index (χ1v) is 14.5. The summed E-state index contributed by atoms with van der Waals surface area (Å²) in [7, 11) is 0. The Morgan fingerprint density at radius 3 is 2.37 bits per heavy atom. The highest BCUT2D eigenvalue weighted by Crippen LogP contribution is 2.27. The van der Waals surface area contributed by atoms with Crippen LogP contribution in [0.4, 0.5) is 0 Å². The average Bonchev–Trinajstić information content (AvgIpc) is 3.42. The Labute approximate surface area is 247 Å². The van der Waals surface area contributed by atoms with E-state index < -0.39 is 48.1 Å². The van der Waals surface area contributed by atoms with Gasteiger partial charge in [-0.15, -0.1) is 0 Å². The van der Waals surface area contributed by atoms with Crippen LogP contribution in [-0.4, -0.2) is 61.3 Å². The molecule has 2 atom stereocenters. The number of nitrogens with one attached hydrogen (secondary N) is 3. The summed E-state index contributed by atoms with van der Waals surface area (Å²) >= 11 is 3.16. The molecule has 41 heavy (non-hydrogen) atoms. The van der Waals surface area contributed by atoms with E-state index in [2.05, 4.69) is 31.9 Å². The lowest BCUT2D eigenvalue weighted by Gasteiger charge is -2.27. The molecule has 2 aromatic rings. The van der Waals surface area contributed by atoms with E-state index in [1.165, 1.54) is 6.07 Å². The third-order valence-electron chi connectivity index (χ3n) is 6.66. The lowest BCUT2D eigenvalue weighted by molar-refractivity contribution is -0.146. The fraction of sp³-hybridized carbons (Fsp3) is 0.483. The second kappa shape index (κ2) is 16.7. The number of esters is 1. The first-order valence-electron chi connectivity index (χ1n) is 13.7. The largest absolute Gasteiger partial charge is 0.465 e. The van der Waals surface area contributed by atoms with Gasteiger partial charge in [-0.25, -0.2) is 0 Å². The molecule has 1 aromatic carbocycles. The van der Waals surface area contributed by atoms with E-state index >= 15 is 0 Å². The van der Waals surface area contributed by atoms with E-state index in [1.54, 1.807) is 13.0 Å². The van der Waals surface area contributed by atoms with Crippen LogP contribution in [0.3, 0.4) is 0 Å². The minimum Gasteiger partial charge on any atom is -0.465 e. The number of Topliss-reactive ketones (excluding diaryl/α,β-unsaturated/α-hetero) is 1. The Morgan fingerprint density at radius 2 is 1.71 bits per heavy atom. The van der Waals surface area contributed by atoms with Crippen LogP contribution < -0.4 is 16.0 Å². The summed E-state index contributed by atoms with van der Waals surface area (Å²) in [5, 5.41) is 7.55. The normalized spacial score (nSPS) is 14.9. The monoisotopic (exact) mass is 633 g/mol. The molecule has 0 saturated heterocycles. The van der Waals surface area contributed by atoms with Crippen molar-refractivity contribution in [2.45, 2.75) is 64.1 Å². The van der Waals surface area contributed by atoms with Gasteiger partial charge in [0.1, 0.15) is 18.6 Å². The van der Waals surface area contributed by atoms with E-state index in [9.17, 15) is 24.0 Å². The maximum atomic E-state index is 13.5. The fourth-order valence-electron chi connectivity index (χ4n) is 4.59. The Hall–Kier alpha value is -3.51. The first-order chi connectivity index (χ1) is 19.8. The molecule has 0 aliphatic heterocycles. The topological polar surface area (TPSA) is 153 Å². The van der Waals surface area contributed by atoms with E-state index in [0.717, 1.165) is 37.7 Å². The molecule has 0 bridgehead atoms. The Kier molecular flexibility index (Phi) is 13.0. The van der Waals surface area contributed by atoms with Crippen LogP contribution >= 0.6 is 15.9 Å². The van der Waals surface area contributed by atoms with Crippen LogP contribution in [-0.2, 0) is 35.3 Å². The van der Waals surface area contributed by atoms with Gasteiger partial charge in [-0.2, -0.15) is 0 Å². The van der Waals surface area contributed by atoms with Gasteiger partial charge >= 0.3 is 5.97 Å². The maximum absolute atomic E-state index is 13.5. The van der Waals surface area contributed by atoms with Crippen molar-refractivity contribution < 1.29 is 37.9 Å². The molecule has 1 aromatic heterocycles. The SMILES string of the molecule is CCOC(=O)CNC(=O)C(=O)[C@H](COCc1ccccc1)NC(=O)[C@H](CC1CCCCC1)NC(=O)c1ccc(Br)o1. The number of furan rings is 1. The van der Waals surface area contributed by atoms with Crippen molar-refractivity contribution in [1.82, 2.24) is 16.0 Å². The van der Waals surface area contributed by atoms with Crippen molar-refractivity contribution in [3.63, 3.8) is 0 Å². The molecule has 222 valence electrons. The lowest BCUT2D eigenvalue weighted by atomic mass is 9.84. The molecule has 1 fully saturated rings. The summed E-state index contributed by atoms with van der Waals surface area (Å²) in [5.41, 5.74) is 0.837. The van der Waals surface area contributed by atoms with Crippen LogP contribution in [0.25, 0.3) is 0 Å². The van der Waals surface area contributed by atoms with Crippen molar-refractivity contribution in [2.75, 3.05) is 19.8 Å².